The Morgan fingerprint density at radius 3 is 2.04 bits per heavy atom. The highest BCUT2D eigenvalue weighted by Gasteiger charge is 2.09. The van der Waals surface area contributed by atoms with Gasteiger partial charge in [-0.25, -0.2) is 4.98 Å². The summed E-state index contributed by atoms with van der Waals surface area (Å²) in [6, 6.07) is 14.6. The molecule has 7 heteroatoms. The first-order valence-corrected chi connectivity index (χ1v) is 10.7. The molecule has 0 unspecified atom stereocenters. The first-order valence-electron chi connectivity index (χ1n) is 8.88. The number of benzene rings is 2. The average molecular weight is 412 g/mol. The molecular formula is C21H21N3O2S2. The van der Waals surface area contributed by atoms with Crippen LogP contribution in [0.4, 0.5) is 0 Å². The second-order valence-electron chi connectivity index (χ2n) is 6.13. The van der Waals surface area contributed by atoms with Crippen molar-refractivity contribution in [1.29, 1.82) is 0 Å². The van der Waals surface area contributed by atoms with Crippen LogP contribution in [0.25, 0.3) is 0 Å². The SMILES string of the molecule is CCc1ccc(C(=O)NNC(=O)c2ccc(SCc3csc(C)n3)cc2)cc1. The van der Waals surface area contributed by atoms with Crippen LogP contribution in [0, 0.1) is 6.92 Å². The number of hydrogen-bond donors (Lipinski definition) is 2. The molecule has 0 aliphatic carbocycles. The second kappa shape index (κ2) is 9.52. The summed E-state index contributed by atoms with van der Waals surface area (Å²) in [4.78, 5) is 29.9. The second-order valence-corrected chi connectivity index (χ2v) is 8.24. The number of thioether (sulfide) groups is 1. The zero-order chi connectivity index (χ0) is 19.9. The molecule has 1 heterocycles. The molecule has 28 heavy (non-hydrogen) atoms. The predicted octanol–water partition coefficient (Wildman–Crippen LogP) is 4.38. The highest BCUT2D eigenvalue weighted by Crippen LogP contribution is 2.23. The quantitative estimate of drug-likeness (QED) is 0.466. The van der Waals surface area contributed by atoms with Crippen molar-refractivity contribution in [2.24, 2.45) is 0 Å². The minimum Gasteiger partial charge on any atom is -0.267 e. The predicted molar refractivity (Wildman–Crippen MR) is 114 cm³/mol. The molecule has 0 radical (unpaired) electrons. The third-order valence-electron chi connectivity index (χ3n) is 4.08. The fourth-order valence-corrected chi connectivity index (χ4v) is 3.99. The standard InChI is InChI=1S/C21H21N3O2S2/c1-3-15-4-6-16(7-5-15)20(25)23-24-21(26)17-8-10-19(11-9-17)28-13-18-12-27-14(2)22-18/h4-12H,3,13H2,1-2H3,(H,23,25)(H,24,26). The summed E-state index contributed by atoms with van der Waals surface area (Å²) in [5, 5.41) is 3.12. The van der Waals surface area contributed by atoms with Crippen molar-refractivity contribution < 1.29 is 9.59 Å². The number of hydrazine groups is 1. The zero-order valence-corrected chi connectivity index (χ0v) is 17.3. The summed E-state index contributed by atoms with van der Waals surface area (Å²) in [5.74, 6) is 0.0925. The van der Waals surface area contributed by atoms with E-state index in [9.17, 15) is 9.59 Å². The lowest BCUT2D eigenvalue weighted by Gasteiger charge is -2.08. The number of aryl methyl sites for hydroxylation is 2. The van der Waals surface area contributed by atoms with Crippen LogP contribution in [0.1, 0.15) is 43.9 Å². The van der Waals surface area contributed by atoms with E-state index >= 15 is 0 Å². The van der Waals surface area contributed by atoms with Gasteiger partial charge in [0.2, 0.25) is 0 Å². The molecule has 2 aromatic carbocycles. The lowest BCUT2D eigenvalue weighted by molar-refractivity contribution is 0.0846. The fraction of sp³-hybridized carbons (Fsp3) is 0.190. The summed E-state index contributed by atoms with van der Waals surface area (Å²) in [6.45, 7) is 4.05. The zero-order valence-electron chi connectivity index (χ0n) is 15.7. The topological polar surface area (TPSA) is 71.1 Å². The van der Waals surface area contributed by atoms with Crippen molar-refractivity contribution in [2.45, 2.75) is 30.9 Å². The van der Waals surface area contributed by atoms with Crippen LogP contribution in [0.2, 0.25) is 0 Å². The fourth-order valence-electron chi connectivity index (χ4n) is 2.48. The monoisotopic (exact) mass is 411 g/mol. The largest absolute Gasteiger partial charge is 0.269 e. The molecule has 0 spiro atoms. The van der Waals surface area contributed by atoms with Crippen molar-refractivity contribution in [2.75, 3.05) is 0 Å². The van der Waals surface area contributed by atoms with E-state index in [-0.39, 0.29) is 11.8 Å². The smallest absolute Gasteiger partial charge is 0.267 e. The molecule has 0 aliphatic heterocycles. The number of amides is 2. The van der Waals surface area contributed by atoms with E-state index in [0.29, 0.717) is 11.1 Å². The number of aromatic nitrogens is 1. The van der Waals surface area contributed by atoms with E-state index in [0.717, 1.165) is 33.3 Å². The molecule has 1 aromatic heterocycles. The van der Waals surface area contributed by atoms with E-state index < -0.39 is 0 Å². The Bertz CT molecular complexity index is 951. The van der Waals surface area contributed by atoms with Gasteiger partial charge in [0.15, 0.2) is 0 Å². The van der Waals surface area contributed by atoms with Gasteiger partial charge in [0.05, 0.1) is 10.7 Å². The van der Waals surface area contributed by atoms with Crippen LogP contribution in [0.3, 0.4) is 0 Å². The molecule has 5 nitrogen and oxygen atoms in total. The molecule has 2 N–H and O–H groups in total. The summed E-state index contributed by atoms with van der Waals surface area (Å²) in [6.07, 6.45) is 0.913. The van der Waals surface area contributed by atoms with Gasteiger partial charge in [0.25, 0.3) is 11.8 Å². The van der Waals surface area contributed by atoms with Crippen molar-refractivity contribution in [3.05, 3.63) is 81.3 Å². The minimum atomic E-state index is -0.356. The third-order valence-corrected chi connectivity index (χ3v) is 5.95. The summed E-state index contributed by atoms with van der Waals surface area (Å²) in [7, 11) is 0. The molecule has 0 saturated carbocycles. The van der Waals surface area contributed by atoms with Crippen LogP contribution in [0.15, 0.2) is 58.8 Å². The number of hydrogen-bond acceptors (Lipinski definition) is 5. The van der Waals surface area contributed by atoms with Gasteiger partial charge < -0.3 is 0 Å². The number of nitrogens with zero attached hydrogens (tertiary/aromatic N) is 1. The van der Waals surface area contributed by atoms with E-state index in [4.69, 9.17) is 0 Å². The number of carbonyl (C=O) groups excluding carboxylic acids is 2. The van der Waals surface area contributed by atoms with E-state index in [2.05, 4.69) is 28.1 Å². The maximum Gasteiger partial charge on any atom is 0.269 e. The molecule has 0 fully saturated rings. The van der Waals surface area contributed by atoms with Gasteiger partial charge in [-0.15, -0.1) is 23.1 Å². The van der Waals surface area contributed by atoms with Gasteiger partial charge >= 0.3 is 0 Å². The third kappa shape index (κ3) is 5.43. The van der Waals surface area contributed by atoms with Crippen LogP contribution in [-0.4, -0.2) is 16.8 Å². The molecular weight excluding hydrogens is 390 g/mol. The summed E-state index contributed by atoms with van der Waals surface area (Å²) >= 11 is 3.31. The van der Waals surface area contributed by atoms with Gasteiger partial charge in [-0.1, -0.05) is 19.1 Å². The Kier molecular flexibility index (Phi) is 6.84. The van der Waals surface area contributed by atoms with Crippen LogP contribution >= 0.6 is 23.1 Å². The summed E-state index contributed by atoms with van der Waals surface area (Å²) < 4.78 is 0. The molecule has 0 bridgehead atoms. The maximum atomic E-state index is 12.2. The van der Waals surface area contributed by atoms with Crippen molar-refractivity contribution >= 4 is 34.9 Å². The van der Waals surface area contributed by atoms with Crippen LogP contribution in [0.5, 0.6) is 0 Å². The van der Waals surface area contributed by atoms with Gasteiger partial charge in [-0.05, 0) is 55.3 Å². The summed E-state index contributed by atoms with van der Waals surface area (Å²) in [5.41, 5.74) is 8.10. The molecule has 3 rings (SSSR count). The van der Waals surface area contributed by atoms with E-state index in [1.54, 1.807) is 47.4 Å². The van der Waals surface area contributed by atoms with Gasteiger partial charge in [0.1, 0.15) is 0 Å². The lowest BCUT2D eigenvalue weighted by Crippen LogP contribution is -2.41. The van der Waals surface area contributed by atoms with Gasteiger partial charge in [-0.3, -0.25) is 20.4 Å². The average Bonchev–Trinajstić information content (AvgIpc) is 3.16. The van der Waals surface area contributed by atoms with Gasteiger partial charge in [0, 0.05) is 27.2 Å². The normalized spacial score (nSPS) is 10.5. The minimum absolute atomic E-state index is 0.346. The first kappa shape index (κ1) is 20.1. The Hall–Kier alpha value is -2.64. The number of rotatable bonds is 6. The molecule has 2 amide bonds. The number of thiazole rings is 1. The Morgan fingerprint density at radius 1 is 0.964 bits per heavy atom. The van der Waals surface area contributed by atoms with Crippen LogP contribution in [-0.2, 0) is 12.2 Å². The Labute approximate surface area is 172 Å². The Morgan fingerprint density at radius 2 is 1.54 bits per heavy atom. The molecule has 0 saturated heterocycles. The molecule has 144 valence electrons. The highest BCUT2D eigenvalue weighted by atomic mass is 32.2. The number of carbonyl (C=O) groups is 2. The maximum absolute atomic E-state index is 12.2. The molecule has 0 aliphatic rings. The Balaban J connectivity index is 1.50. The van der Waals surface area contributed by atoms with Crippen molar-refractivity contribution in [1.82, 2.24) is 15.8 Å². The molecule has 0 atom stereocenters. The van der Waals surface area contributed by atoms with Crippen LogP contribution < -0.4 is 10.9 Å². The van der Waals surface area contributed by atoms with E-state index in [1.165, 1.54) is 0 Å². The molecule has 3 aromatic rings. The number of nitrogens with one attached hydrogen (secondary N) is 2. The van der Waals surface area contributed by atoms with Crippen molar-refractivity contribution in [3.63, 3.8) is 0 Å². The highest BCUT2D eigenvalue weighted by molar-refractivity contribution is 7.98. The van der Waals surface area contributed by atoms with E-state index in [1.807, 2.05) is 31.2 Å². The lowest BCUT2D eigenvalue weighted by atomic mass is 10.1. The van der Waals surface area contributed by atoms with Crippen molar-refractivity contribution in [3.8, 4) is 0 Å². The first-order chi connectivity index (χ1) is 13.5. The van der Waals surface area contributed by atoms with Gasteiger partial charge in [-0.2, -0.15) is 0 Å².